The smallest absolute Gasteiger partial charge is 0.221 e. The first-order valence-corrected chi connectivity index (χ1v) is 4.96. The second-order valence-electron chi connectivity index (χ2n) is 4.18. The Labute approximate surface area is 86.2 Å². The maximum absolute atomic E-state index is 11.2. The summed E-state index contributed by atoms with van der Waals surface area (Å²) in [5, 5.41) is 2.87. The summed E-state index contributed by atoms with van der Waals surface area (Å²) in [5.41, 5.74) is 5.07. The lowest BCUT2D eigenvalue weighted by atomic mass is 10.00. The highest BCUT2D eigenvalue weighted by molar-refractivity contribution is 5.76. The molecule has 0 heterocycles. The van der Waals surface area contributed by atoms with Crippen LogP contribution in [0.4, 0.5) is 0 Å². The molecule has 0 aliphatic heterocycles. The number of methoxy groups -OCH3 is 1. The van der Waals surface area contributed by atoms with Gasteiger partial charge in [-0.25, -0.2) is 0 Å². The van der Waals surface area contributed by atoms with Gasteiger partial charge in [0, 0.05) is 26.1 Å². The van der Waals surface area contributed by atoms with E-state index in [1.165, 1.54) is 0 Å². The molecule has 4 nitrogen and oxygen atoms in total. The van der Waals surface area contributed by atoms with Gasteiger partial charge in [-0.05, 0) is 27.2 Å². The van der Waals surface area contributed by atoms with Gasteiger partial charge >= 0.3 is 0 Å². The quantitative estimate of drug-likeness (QED) is 0.665. The lowest BCUT2D eigenvalue weighted by Crippen LogP contribution is -2.39. The van der Waals surface area contributed by atoms with Gasteiger partial charge < -0.3 is 15.8 Å². The molecule has 14 heavy (non-hydrogen) atoms. The summed E-state index contributed by atoms with van der Waals surface area (Å²) >= 11 is 0. The van der Waals surface area contributed by atoms with Gasteiger partial charge in [-0.1, -0.05) is 0 Å². The number of nitrogens with one attached hydrogen (secondary N) is 1. The Bertz CT molecular complexity index is 181. The molecule has 0 rings (SSSR count). The van der Waals surface area contributed by atoms with Crippen LogP contribution < -0.4 is 11.1 Å². The van der Waals surface area contributed by atoms with Crippen molar-refractivity contribution in [3.05, 3.63) is 0 Å². The molecule has 0 bridgehead atoms. The number of carbonyl (C=O) groups excluding carboxylic acids is 1. The molecule has 0 spiro atoms. The average Bonchev–Trinajstić information content (AvgIpc) is 2.03. The fourth-order valence-electron chi connectivity index (χ4n) is 1.35. The molecule has 0 fully saturated rings. The molecule has 84 valence electrons. The van der Waals surface area contributed by atoms with Gasteiger partial charge in [-0.15, -0.1) is 0 Å². The van der Waals surface area contributed by atoms with E-state index in [9.17, 15) is 4.79 Å². The monoisotopic (exact) mass is 202 g/mol. The highest BCUT2D eigenvalue weighted by Gasteiger charge is 2.20. The molecular formula is C10H22N2O2. The zero-order valence-electron chi connectivity index (χ0n) is 9.59. The molecule has 0 aromatic rings. The van der Waals surface area contributed by atoms with Gasteiger partial charge in [-0.3, -0.25) is 4.79 Å². The van der Waals surface area contributed by atoms with Crippen LogP contribution in [0, 0.1) is 0 Å². The minimum Gasteiger partial charge on any atom is -0.379 e. The second kappa shape index (κ2) is 5.98. The molecule has 4 heteroatoms. The van der Waals surface area contributed by atoms with E-state index in [0.29, 0.717) is 13.0 Å². The lowest BCUT2D eigenvalue weighted by molar-refractivity contribution is -0.121. The molecule has 0 saturated heterocycles. The Morgan fingerprint density at radius 3 is 2.57 bits per heavy atom. The molecule has 0 aromatic carbocycles. The van der Waals surface area contributed by atoms with E-state index in [4.69, 9.17) is 10.5 Å². The van der Waals surface area contributed by atoms with Gasteiger partial charge in [0.15, 0.2) is 0 Å². The van der Waals surface area contributed by atoms with Crippen LogP contribution in [0.1, 0.15) is 33.6 Å². The van der Waals surface area contributed by atoms with E-state index in [1.807, 2.05) is 20.8 Å². The summed E-state index contributed by atoms with van der Waals surface area (Å²) in [7, 11) is 1.68. The van der Waals surface area contributed by atoms with Crippen LogP contribution in [-0.2, 0) is 9.53 Å². The highest BCUT2D eigenvalue weighted by Crippen LogP contribution is 2.15. The van der Waals surface area contributed by atoms with Crippen molar-refractivity contribution in [2.45, 2.75) is 45.3 Å². The predicted molar refractivity (Wildman–Crippen MR) is 57.0 cm³/mol. The Kier molecular flexibility index (Phi) is 5.72. The van der Waals surface area contributed by atoms with E-state index in [-0.39, 0.29) is 17.6 Å². The van der Waals surface area contributed by atoms with E-state index in [1.54, 1.807) is 7.11 Å². The molecule has 0 aliphatic rings. The van der Waals surface area contributed by atoms with Crippen molar-refractivity contribution in [2.75, 3.05) is 13.7 Å². The number of hydrogen-bond acceptors (Lipinski definition) is 3. The van der Waals surface area contributed by atoms with Crippen molar-refractivity contribution in [1.82, 2.24) is 5.32 Å². The fraction of sp³-hybridized carbons (Fsp3) is 0.900. The number of carbonyl (C=O) groups is 1. The summed E-state index contributed by atoms with van der Waals surface area (Å²) in [6, 6.07) is 0.115. The summed E-state index contributed by atoms with van der Waals surface area (Å²) in [5.74, 6) is 0.00639. The van der Waals surface area contributed by atoms with E-state index >= 15 is 0 Å². The van der Waals surface area contributed by atoms with E-state index < -0.39 is 0 Å². The van der Waals surface area contributed by atoms with E-state index in [0.717, 1.165) is 6.42 Å². The van der Waals surface area contributed by atoms with Crippen molar-refractivity contribution >= 4 is 5.91 Å². The third-order valence-electron chi connectivity index (χ3n) is 2.13. The van der Waals surface area contributed by atoms with Crippen LogP contribution in [0.25, 0.3) is 0 Å². The first-order chi connectivity index (χ1) is 6.41. The Hall–Kier alpha value is -0.610. The Balaban J connectivity index is 3.86. The summed E-state index contributed by atoms with van der Waals surface area (Å²) in [6.07, 6.45) is 1.18. The number of rotatable bonds is 6. The predicted octanol–water partition coefficient (Wildman–Crippen LogP) is 0.655. The Morgan fingerprint density at radius 1 is 1.57 bits per heavy atom. The van der Waals surface area contributed by atoms with Gasteiger partial charge in [-0.2, -0.15) is 0 Å². The number of nitrogens with two attached hydrogens (primary N) is 1. The van der Waals surface area contributed by atoms with Crippen molar-refractivity contribution in [2.24, 2.45) is 5.73 Å². The van der Waals surface area contributed by atoms with Gasteiger partial charge in [0.05, 0.1) is 5.60 Å². The fourth-order valence-corrected chi connectivity index (χ4v) is 1.35. The van der Waals surface area contributed by atoms with Crippen molar-refractivity contribution in [3.8, 4) is 0 Å². The third-order valence-corrected chi connectivity index (χ3v) is 2.13. The molecular weight excluding hydrogens is 180 g/mol. The minimum absolute atomic E-state index is 0.00639. The number of amides is 1. The summed E-state index contributed by atoms with van der Waals surface area (Å²) in [4.78, 5) is 11.2. The normalized spacial score (nSPS) is 13.8. The summed E-state index contributed by atoms with van der Waals surface area (Å²) in [6.45, 7) is 6.36. The Morgan fingerprint density at radius 2 is 2.14 bits per heavy atom. The standard InChI is InChI=1S/C10H22N2O2/c1-8(7-10(2,3)14-4)12-9(13)5-6-11/h8H,5-7,11H2,1-4H3,(H,12,13). The zero-order chi connectivity index (χ0) is 11.2. The van der Waals surface area contributed by atoms with Gasteiger partial charge in [0.1, 0.15) is 0 Å². The maximum atomic E-state index is 11.2. The van der Waals surface area contributed by atoms with Crippen LogP contribution in [0.15, 0.2) is 0 Å². The maximum Gasteiger partial charge on any atom is 0.221 e. The van der Waals surface area contributed by atoms with Crippen LogP contribution in [-0.4, -0.2) is 31.2 Å². The molecule has 0 aliphatic carbocycles. The SMILES string of the molecule is COC(C)(C)CC(C)NC(=O)CCN. The number of hydrogen-bond donors (Lipinski definition) is 2. The van der Waals surface area contributed by atoms with Crippen LogP contribution >= 0.6 is 0 Å². The largest absolute Gasteiger partial charge is 0.379 e. The van der Waals surface area contributed by atoms with Crippen LogP contribution in [0.2, 0.25) is 0 Å². The van der Waals surface area contributed by atoms with Crippen molar-refractivity contribution in [1.29, 1.82) is 0 Å². The van der Waals surface area contributed by atoms with Gasteiger partial charge in [0.25, 0.3) is 0 Å². The molecule has 0 saturated carbocycles. The minimum atomic E-state index is -0.199. The second-order valence-corrected chi connectivity index (χ2v) is 4.18. The molecule has 1 unspecified atom stereocenters. The lowest BCUT2D eigenvalue weighted by Gasteiger charge is -2.27. The average molecular weight is 202 g/mol. The van der Waals surface area contributed by atoms with Crippen LogP contribution in [0.5, 0.6) is 0 Å². The van der Waals surface area contributed by atoms with Crippen molar-refractivity contribution < 1.29 is 9.53 Å². The van der Waals surface area contributed by atoms with Gasteiger partial charge in [0.2, 0.25) is 5.91 Å². The topological polar surface area (TPSA) is 64.3 Å². The summed E-state index contributed by atoms with van der Waals surface area (Å²) < 4.78 is 5.27. The molecule has 3 N–H and O–H groups in total. The third kappa shape index (κ3) is 5.94. The highest BCUT2D eigenvalue weighted by atomic mass is 16.5. The van der Waals surface area contributed by atoms with Crippen LogP contribution in [0.3, 0.4) is 0 Å². The first-order valence-electron chi connectivity index (χ1n) is 4.96. The van der Waals surface area contributed by atoms with Crippen molar-refractivity contribution in [3.63, 3.8) is 0 Å². The molecule has 1 amide bonds. The first kappa shape index (κ1) is 13.4. The molecule has 1 atom stereocenters. The molecule has 0 radical (unpaired) electrons. The van der Waals surface area contributed by atoms with E-state index in [2.05, 4.69) is 5.32 Å². The zero-order valence-corrected chi connectivity index (χ0v) is 9.59. The number of ether oxygens (including phenoxy) is 1. The molecule has 0 aromatic heterocycles.